The fourth-order valence-corrected chi connectivity index (χ4v) is 3.88. The van der Waals surface area contributed by atoms with Crippen LogP contribution in [0.3, 0.4) is 0 Å². The molecule has 1 amide bonds. The lowest BCUT2D eigenvalue weighted by Gasteiger charge is -2.26. The van der Waals surface area contributed by atoms with Crippen molar-refractivity contribution in [3.05, 3.63) is 76.0 Å². The summed E-state index contributed by atoms with van der Waals surface area (Å²) < 4.78 is 5.65. The summed E-state index contributed by atoms with van der Waals surface area (Å²) in [6.45, 7) is 0.618. The maximum atomic E-state index is 12.5. The maximum Gasteiger partial charge on any atom is 0.226 e. The number of nitrogens with one attached hydrogen (secondary N) is 1. The fraction of sp³-hybridized carbons (Fsp3) is 0.250. The van der Waals surface area contributed by atoms with Gasteiger partial charge in [0.25, 0.3) is 0 Å². The molecule has 0 saturated carbocycles. The number of carbonyl (C=O) groups excluding carboxylic acids is 1. The second-order valence-electron chi connectivity index (χ2n) is 6.20. The molecule has 1 aliphatic heterocycles. The fourth-order valence-electron chi connectivity index (χ4n) is 3.07. The number of hydrogen-bond acceptors (Lipinski definition) is 5. The van der Waals surface area contributed by atoms with E-state index < -0.39 is 0 Å². The van der Waals surface area contributed by atoms with Gasteiger partial charge in [-0.2, -0.15) is 0 Å². The van der Waals surface area contributed by atoms with Crippen molar-refractivity contribution in [1.82, 2.24) is 15.3 Å². The van der Waals surface area contributed by atoms with Crippen molar-refractivity contribution in [1.29, 1.82) is 0 Å². The first kappa shape index (κ1) is 16.7. The normalized spacial score (nSPS) is 15.8. The Morgan fingerprint density at radius 3 is 2.96 bits per heavy atom. The van der Waals surface area contributed by atoms with Crippen LogP contribution in [0.15, 0.2) is 54.0 Å². The molecule has 132 valence electrons. The first-order valence-corrected chi connectivity index (χ1v) is 9.50. The number of ether oxygens (including phenoxy) is 1. The molecular weight excluding hydrogens is 346 g/mol. The summed E-state index contributed by atoms with van der Waals surface area (Å²) in [6.07, 6.45) is 3.55. The van der Waals surface area contributed by atoms with Gasteiger partial charge in [-0.1, -0.05) is 24.3 Å². The minimum Gasteiger partial charge on any atom is -0.493 e. The van der Waals surface area contributed by atoms with Gasteiger partial charge in [-0.15, -0.1) is 11.3 Å². The average Bonchev–Trinajstić information content (AvgIpc) is 3.09. The van der Waals surface area contributed by atoms with E-state index >= 15 is 0 Å². The van der Waals surface area contributed by atoms with Crippen molar-refractivity contribution < 1.29 is 9.53 Å². The van der Waals surface area contributed by atoms with Crippen LogP contribution in [0.25, 0.3) is 0 Å². The minimum absolute atomic E-state index is 0.000857. The zero-order valence-electron chi connectivity index (χ0n) is 14.2. The zero-order valence-corrected chi connectivity index (χ0v) is 15.0. The quantitative estimate of drug-likeness (QED) is 0.753. The van der Waals surface area contributed by atoms with Crippen molar-refractivity contribution >= 4 is 17.2 Å². The second kappa shape index (κ2) is 7.66. The largest absolute Gasteiger partial charge is 0.493 e. The summed E-state index contributed by atoms with van der Waals surface area (Å²) in [5.41, 5.74) is 2.83. The van der Waals surface area contributed by atoms with Crippen LogP contribution in [0.1, 0.15) is 34.4 Å². The molecule has 2 aromatic heterocycles. The van der Waals surface area contributed by atoms with Crippen LogP contribution in [0.4, 0.5) is 0 Å². The van der Waals surface area contributed by atoms with Crippen LogP contribution < -0.4 is 10.1 Å². The molecule has 3 aromatic rings. The number of rotatable bonds is 5. The smallest absolute Gasteiger partial charge is 0.226 e. The van der Waals surface area contributed by atoms with Gasteiger partial charge in [0, 0.05) is 35.7 Å². The highest BCUT2D eigenvalue weighted by Gasteiger charge is 2.22. The summed E-state index contributed by atoms with van der Waals surface area (Å²) in [5.74, 6) is 0.844. The van der Waals surface area contributed by atoms with E-state index in [-0.39, 0.29) is 18.4 Å². The third-order valence-corrected chi connectivity index (χ3v) is 5.19. The molecule has 0 radical (unpaired) electrons. The van der Waals surface area contributed by atoms with Gasteiger partial charge in [0.05, 0.1) is 29.8 Å². The molecule has 0 spiro atoms. The summed E-state index contributed by atoms with van der Waals surface area (Å²) in [7, 11) is 0. The van der Waals surface area contributed by atoms with Gasteiger partial charge in [0.15, 0.2) is 0 Å². The first-order chi connectivity index (χ1) is 12.8. The Bertz CT molecular complexity index is 895. The van der Waals surface area contributed by atoms with E-state index in [2.05, 4.69) is 15.3 Å². The summed E-state index contributed by atoms with van der Waals surface area (Å²) in [5, 5.41) is 6.04. The predicted molar refractivity (Wildman–Crippen MR) is 100 cm³/mol. The second-order valence-corrected chi connectivity index (χ2v) is 7.14. The monoisotopic (exact) mass is 365 g/mol. The third-order valence-electron chi connectivity index (χ3n) is 4.29. The van der Waals surface area contributed by atoms with Crippen LogP contribution >= 0.6 is 11.3 Å². The molecule has 1 aliphatic rings. The number of benzene rings is 1. The van der Waals surface area contributed by atoms with E-state index in [0.29, 0.717) is 13.0 Å². The number of para-hydroxylation sites is 1. The maximum absolute atomic E-state index is 12.5. The van der Waals surface area contributed by atoms with Crippen molar-refractivity contribution in [2.45, 2.75) is 25.3 Å². The minimum atomic E-state index is -0.0126. The SMILES string of the molecule is O=C(Cc1csc(Cc2ccccn2)n1)N[C@H]1CCOc2ccccc21. The van der Waals surface area contributed by atoms with Crippen LogP contribution in [0.5, 0.6) is 5.75 Å². The standard InChI is InChI=1S/C20H19N3O2S/c24-19(23-17-8-10-25-18-7-2-1-6-16(17)18)11-15-13-26-20(22-15)12-14-5-3-4-9-21-14/h1-7,9,13,17H,8,10-12H2,(H,23,24)/t17-/m0/s1. The highest BCUT2D eigenvalue weighted by molar-refractivity contribution is 7.09. The molecular formula is C20H19N3O2S. The Kier molecular flexibility index (Phi) is 4.93. The molecule has 0 unspecified atom stereocenters. The molecule has 1 atom stereocenters. The van der Waals surface area contributed by atoms with E-state index in [4.69, 9.17) is 4.74 Å². The Morgan fingerprint density at radius 1 is 1.19 bits per heavy atom. The lowest BCUT2D eigenvalue weighted by molar-refractivity contribution is -0.121. The van der Waals surface area contributed by atoms with E-state index in [9.17, 15) is 4.79 Å². The lowest BCUT2D eigenvalue weighted by atomic mass is 10.0. The van der Waals surface area contributed by atoms with Crippen molar-refractivity contribution in [3.63, 3.8) is 0 Å². The van der Waals surface area contributed by atoms with E-state index in [1.165, 1.54) is 0 Å². The highest BCUT2D eigenvalue weighted by atomic mass is 32.1. The summed E-state index contributed by atoms with van der Waals surface area (Å²) in [6, 6.07) is 13.7. The van der Waals surface area contributed by atoms with Crippen LogP contribution in [-0.2, 0) is 17.6 Å². The van der Waals surface area contributed by atoms with Crippen LogP contribution in [0, 0.1) is 0 Å². The number of nitrogens with zero attached hydrogens (tertiary/aromatic N) is 2. The van der Waals surface area contributed by atoms with Crippen LogP contribution in [-0.4, -0.2) is 22.5 Å². The van der Waals surface area contributed by atoms with Gasteiger partial charge in [-0.05, 0) is 18.2 Å². The van der Waals surface area contributed by atoms with Crippen molar-refractivity contribution in [3.8, 4) is 5.75 Å². The molecule has 1 aromatic carbocycles. The lowest BCUT2D eigenvalue weighted by Crippen LogP contribution is -2.33. The van der Waals surface area contributed by atoms with Gasteiger partial charge < -0.3 is 10.1 Å². The summed E-state index contributed by atoms with van der Waals surface area (Å²) >= 11 is 1.57. The molecule has 5 nitrogen and oxygen atoms in total. The third kappa shape index (κ3) is 3.91. The van der Waals surface area contributed by atoms with Crippen molar-refractivity contribution in [2.24, 2.45) is 0 Å². The Hall–Kier alpha value is -2.73. The van der Waals surface area contributed by atoms with E-state index in [1.54, 1.807) is 17.5 Å². The molecule has 4 rings (SSSR count). The molecule has 1 N–H and O–H groups in total. The molecule has 26 heavy (non-hydrogen) atoms. The van der Waals surface area contributed by atoms with Gasteiger partial charge >= 0.3 is 0 Å². The number of amides is 1. The Balaban J connectivity index is 1.37. The molecule has 0 bridgehead atoms. The number of carbonyl (C=O) groups is 1. The zero-order chi connectivity index (χ0) is 17.8. The first-order valence-electron chi connectivity index (χ1n) is 8.62. The van der Waals surface area contributed by atoms with Gasteiger partial charge in [-0.25, -0.2) is 4.98 Å². The van der Waals surface area contributed by atoms with Crippen LogP contribution in [0.2, 0.25) is 0 Å². The number of pyridine rings is 1. The molecule has 0 aliphatic carbocycles. The number of thiazole rings is 1. The molecule has 0 saturated heterocycles. The Morgan fingerprint density at radius 2 is 2.08 bits per heavy atom. The van der Waals surface area contributed by atoms with Gasteiger partial charge in [0.1, 0.15) is 5.75 Å². The van der Waals surface area contributed by atoms with Gasteiger partial charge in [-0.3, -0.25) is 9.78 Å². The topological polar surface area (TPSA) is 64.1 Å². The predicted octanol–water partition coefficient (Wildman–Crippen LogP) is 3.31. The molecule has 0 fully saturated rings. The van der Waals surface area contributed by atoms with E-state index in [0.717, 1.165) is 34.1 Å². The van der Waals surface area contributed by atoms with E-state index in [1.807, 2.05) is 47.8 Å². The van der Waals surface area contributed by atoms with Gasteiger partial charge in [0.2, 0.25) is 5.91 Å². The number of aromatic nitrogens is 2. The summed E-state index contributed by atoms with van der Waals surface area (Å²) in [4.78, 5) is 21.4. The highest BCUT2D eigenvalue weighted by Crippen LogP contribution is 2.31. The van der Waals surface area contributed by atoms with Crippen molar-refractivity contribution in [2.75, 3.05) is 6.61 Å². The molecule has 3 heterocycles. The average molecular weight is 365 g/mol. The molecule has 6 heteroatoms. The number of fused-ring (bicyclic) bond motifs is 1. The number of hydrogen-bond donors (Lipinski definition) is 1. The Labute approximate surface area is 156 Å².